The van der Waals surface area contributed by atoms with Gasteiger partial charge in [0.2, 0.25) is 0 Å². The maximum absolute atomic E-state index is 11.8. The van der Waals surface area contributed by atoms with Crippen LogP contribution in [0.3, 0.4) is 0 Å². The van der Waals surface area contributed by atoms with Gasteiger partial charge in [-0.05, 0) is 30.2 Å². The molecule has 7 heteroatoms. The molecule has 0 saturated carbocycles. The zero-order valence-corrected chi connectivity index (χ0v) is 13.0. The molecular formula is C11H10Br2ClF3O. The van der Waals surface area contributed by atoms with Gasteiger partial charge in [0, 0.05) is 15.6 Å². The Labute approximate surface area is 125 Å². The first-order valence-corrected chi connectivity index (χ1v) is 7.05. The zero-order chi connectivity index (χ0) is 13.8. The number of halogens is 6. The highest BCUT2D eigenvalue weighted by molar-refractivity contribution is 9.11. The topological polar surface area (TPSA) is 9.23 Å². The van der Waals surface area contributed by atoms with E-state index < -0.39 is 18.2 Å². The van der Waals surface area contributed by atoms with Gasteiger partial charge in [-0.3, -0.25) is 0 Å². The molecule has 18 heavy (non-hydrogen) atoms. The van der Waals surface area contributed by atoms with E-state index >= 15 is 0 Å². The second-order valence-corrected chi connectivity index (χ2v) is 5.89. The Morgan fingerprint density at radius 2 is 1.94 bits per heavy atom. The maximum atomic E-state index is 11.8. The number of benzene rings is 1. The highest BCUT2D eigenvalue weighted by atomic mass is 79.9. The monoisotopic (exact) mass is 408 g/mol. The minimum Gasteiger partial charge on any atom is -0.372 e. The summed E-state index contributed by atoms with van der Waals surface area (Å²) in [6, 6.07) is 5.49. The second-order valence-electron chi connectivity index (χ2n) is 3.59. The lowest BCUT2D eigenvalue weighted by Gasteiger charge is -2.13. The molecule has 1 aromatic rings. The van der Waals surface area contributed by atoms with Crippen LogP contribution in [0.1, 0.15) is 17.4 Å². The molecule has 0 N–H and O–H groups in total. The van der Waals surface area contributed by atoms with Crippen molar-refractivity contribution in [2.24, 2.45) is 0 Å². The Morgan fingerprint density at radius 1 is 1.28 bits per heavy atom. The molecule has 0 fully saturated rings. The molecule has 1 unspecified atom stereocenters. The summed E-state index contributed by atoms with van der Waals surface area (Å²) in [5, 5.41) is -0.398. The quantitative estimate of drug-likeness (QED) is 0.463. The first-order chi connectivity index (χ1) is 8.29. The Bertz CT molecular complexity index is 398. The van der Waals surface area contributed by atoms with Crippen LogP contribution in [0.4, 0.5) is 13.2 Å². The number of rotatable bonds is 5. The highest BCUT2D eigenvalue weighted by Gasteiger charge is 2.27. The number of alkyl halides is 4. The zero-order valence-electron chi connectivity index (χ0n) is 9.11. The van der Waals surface area contributed by atoms with Gasteiger partial charge in [0.15, 0.2) is 0 Å². The van der Waals surface area contributed by atoms with Crippen LogP contribution in [0.25, 0.3) is 0 Å². The van der Waals surface area contributed by atoms with Gasteiger partial charge >= 0.3 is 6.18 Å². The first-order valence-electron chi connectivity index (χ1n) is 5.03. The van der Waals surface area contributed by atoms with Crippen molar-refractivity contribution >= 4 is 43.5 Å². The van der Waals surface area contributed by atoms with Crippen LogP contribution in [-0.4, -0.2) is 19.4 Å². The molecule has 0 aromatic heterocycles. The Kier molecular flexibility index (Phi) is 6.44. The Hall–Kier alpha value is 0.220. The van der Waals surface area contributed by atoms with E-state index in [1.54, 1.807) is 0 Å². The van der Waals surface area contributed by atoms with Gasteiger partial charge in [-0.15, -0.1) is 11.6 Å². The SMILES string of the molecule is FC(F)(F)COCCC(Cl)c1cc(Br)ccc1Br. The summed E-state index contributed by atoms with van der Waals surface area (Å²) in [5.41, 5.74) is 0.821. The predicted molar refractivity (Wildman–Crippen MR) is 71.9 cm³/mol. The first kappa shape index (κ1) is 16.3. The molecule has 0 radical (unpaired) electrons. The number of hydrogen-bond acceptors (Lipinski definition) is 1. The van der Waals surface area contributed by atoms with Crippen LogP contribution in [0.2, 0.25) is 0 Å². The van der Waals surface area contributed by atoms with Crippen LogP contribution < -0.4 is 0 Å². The molecule has 0 aliphatic carbocycles. The molecule has 1 nitrogen and oxygen atoms in total. The summed E-state index contributed by atoms with van der Waals surface area (Å²) in [4.78, 5) is 0. The van der Waals surface area contributed by atoms with E-state index in [1.165, 1.54) is 0 Å². The molecule has 102 valence electrons. The van der Waals surface area contributed by atoms with Crippen LogP contribution >= 0.6 is 43.5 Å². The number of ether oxygens (including phenoxy) is 1. The van der Waals surface area contributed by atoms with Gasteiger partial charge in [0.05, 0.1) is 5.38 Å². The van der Waals surface area contributed by atoms with Gasteiger partial charge in [-0.2, -0.15) is 13.2 Å². The maximum Gasteiger partial charge on any atom is 0.411 e. The van der Waals surface area contributed by atoms with E-state index in [2.05, 4.69) is 36.6 Å². The summed E-state index contributed by atoms with van der Waals surface area (Å²) >= 11 is 12.8. The molecule has 0 aliphatic heterocycles. The molecule has 0 saturated heterocycles. The van der Waals surface area contributed by atoms with E-state index in [9.17, 15) is 13.2 Å². The van der Waals surface area contributed by atoms with Gasteiger partial charge in [-0.25, -0.2) is 0 Å². The third kappa shape index (κ3) is 5.91. The molecule has 0 aliphatic rings. The van der Waals surface area contributed by atoms with Crippen LogP contribution in [0.15, 0.2) is 27.1 Å². The Morgan fingerprint density at radius 3 is 2.56 bits per heavy atom. The summed E-state index contributed by atoms with van der Waals surface area (Å²) in [7, 11) is 0. The second kappa shape index (κ2) is 7.12. The van der Waals surface area contributed by atoms with Gasteiger partial charge in [0.1, 0.15) is 6.61 Å². The fourth-order valence-electron chi connectivity index (χ4n) is 1.28. The van der Waals surface area contributed by atoms with Crippen LogP contribution in [-0.2, 0) is 4.74 Å². The van der Waals surface area contributed by atoms with Gasteiger partial charge in [-0.1, -0.05) is 31.9 Å². The summed E-state index contributed by atoms with van der Waals surface area (Å²) in [6.45, 7) is -1.27. The standard InChI is InChI=1S/C11H10Br2ClF3O/c12-7-1-2-9(13)8(5-7)10(14)3-4-18-6-11(15,16)17/h1-2,5,10H,3-4,6H2. The normalized spacial score (nSPS) is 13.7. The average Bonchev–Trinajstić information content (AvgIpc) is 2.26. The molecule has 0 amide bonds. The minimum atomic E-state index is -4.29. The smallest absolute Gasteiger partial charge is 0.372 e. The molecule has 1 aromatic carbocycles. The number of hydrogen-bond donors (Lipinski definition) is 0. The van der Waals surface area contributed by atoms with Crippen molar-refractivity contribution in [2.45, 2.75) is 18.0 Å². The molecule has 0 heterocycles. The largest absolute Gasteiger partial charge is 0.411 e. The lowest BCUT2D eigenvalue weighted by molar-refractivity contribution is -0.174. The van der Waals surface area contributed by atoms with Crippen molar-refractivity contribution in [3.05, 3.63) is 32.7 Å². The van der Waals surface area contributed by atoms with Crippen LogP contribution in [0, 0.1) is 0 Å². The third-order valence-corrected chi connectivity index (χ3v) is 3.75. The van der Waals surface area contributed by atoms with E-state index in [0.717, 1.165) is 14.5 Å². The van der Waals surface area contributed by atoms with Crippen molar-refractivity contribution in [1.82, 2.24) is 0 Å². The molecule has 1 atom stereocenters. The fraction of sp³-hybridized carbons (Fsp3) is 0.455. The third-order valence-electron chi connectivity index (χ3n) is 2.08. The van der Waals surface area contributed by atoms with Crippen molar-refractivity contribution in [2.75, 3.05) is 13.2 Å². The van der Waals surface area contributed by atoms with E-state index in [4.69, 9.17) is 11.6 Å². The summed E-state index contributed by atoms with van der Waals surface area (Å²) in [5.74, 6) is 0. The predicted octanol–water partition coefficient (Wildman–Crippen LogP) is 5.46. The lowest BCUT2D eigenvalue weighted by Crippen LogP contribution is -2.17. The van der Waals surface area contributed by atoms with Gasteiger partial charge < -0.3 is 4.74 Å². The average molecular weight is 410 g/mol. The molecule has 0 bridgehead atoms. The van der Waals surface area contributed by atoms with Crippen molar-refractivity contribution in [1.29, 1.82) is 0 Å². The van der Waals surface area contributed by atoms with Crippen molar-refractivity contribution in [3.63, 3.8) is 0 Å². The minimum absolute atomic E-state index is 0.0351. The van der Waals surface area contributed by atoms with Crippen molar-refractivity contribution < 1.29 is 17.9 Å². The van der Waals surface area contributed by atoms with Crippen LogP contribution in [0.5, 0.6) is 0 Å². The van der Waals surface area contributed by atoms with E-state index in [0.29, 0.717) is 6.42 Å². The van der Waals surface area contributed by atoms with Gasteiger partial charge in [0.25, 0.3) is 0 Å². The molecule has 1 rings (SSSR count). The highest BCUT2D eigenvalue weighted by Crippen LogP contribution is 2.32. The Balaban J connectivity index is 2.45. The van der Waals surface area contributed by atoms with E-state index in [-0.39, 0.29) is 6.61 Å². The molecule has 0 spiro atoms. The van der Waals surface area contributed by atoms with Crippen molar-refractivity contribution in [3.8, 4) is 0 Å². The lowest BCUT2D eigenvalue weighted by atomic mass is 10.1. The summed E-state index contributed by atoms with van der Waals surface area (Å²) in [6.07, 6.45) is -3.98. The van der Waals surface area contributed by atoms with E-state index in [1.807, 2.05) is 18.2 Å². The molecular weight excluding hydrogens is 400 g/mol. The summed E-state index contributed by atoms with van der Waals surface area (Å²) < 4.78 is 41.8. The fourth-order valence-corrected chi connectivity index (χ4v) is 2.59.